The number of hydrogen-bond acceptors (Lipinski definition) is 11. The molecule has 10 atom stereocenters. The van der Waals surface area contributed by atoms with Crippen molar-refractivity contribution in [1.29, 1.82) is 0 Å². The van der Waals surface area contributed by atoms with E-state index in [1.165, 1.54) is 0 Å². The minimum atomic E-state index is -1.68. The zero-order chi connectivity index (χ0) is 17.3. The third-order valence-electron chi connectivity index (χ3n) is 4.06. The molecule has 23 heavy (non-hydrogen) atoms. The average Bonchev–Trinajstić information content (AvgIpc) is 2.55. The van der Waals surface area contributed by atoms with E-state index in [1.807, 2.05) is 0 Å². The number of nitrogens with two attached hydrogens (primary N) is 1. The fourth-order valence-electron chi connectivity index (χ4n) is 2.60. The molecule has 0 saturated carbocycles. The highest BCUT2D eigenvalue weighted by Crippen LogP contribution is 2.27. The second-order valence-electron chi connectivity index (χ2n) is 5.61. The smallest absolute Gasteiger partial charge is 0.187 e. The standard InChI is InChI=1S/C12H23NO10/c13-5-7(17)10(4(2-15)21-11(5)20)23-12-9(19)8(18)6(16)3(1-14)22-12/h3-12,14-20H,1-2,13H2/t3?,4?,5?,6-,7+,8-,9?,10-,11?,12-/m0/s1. The van der Waals surface area contributed by atoms with Crippen LogP contribution in [0.3, 0.4) is 0 Å². The van der Waals surface area contributed by atoms with Gasteiger partial charge in [0.2, 0.25) is 0 Å². The Labute approximate surface area is 131 Å². The first kappa shape index (κ1) is 18.9. The van der Waals surface area contributed by atoms with Crippen molar-refractivity contribution in [3.63, 3.8) is 0 Å². The van der Waals surface area contributed by atoms with Crippen LogP contribution in [0.5, 0.6) is 0 Å². The Hall–Kier alpha value is -0.440. The van der Waals surface area contributed by atoms with Crippen molar-refractivity contribution in [2.75, 3.05) is 13.2 Å². The molecule has 0 aliphatic carbocycles. The van der Waals surface area contributed by atoms with E-state index in [0.29, 0.717) is 0 Å². The third-order valence-corrected chi connectivity index (χ3v) is 4.06. The van der Waals surface area contributed by atoms with Crippen molar-refractivity contribution in [2.45, 2.75) is 61.3 Å². The number of ether oxygens (including phenoxy) is 3. The molecule has 11 heteroatoms. The van der Waals surface area contributed by atoms with E-state index in [0.717, 1.165) is 0 Å². The van der Waals surface area contributed by atoms with Crippen LogP contribution in [0, 0.1) is 0 Å². The first-order valence-electron chi connectivity index (χ1n) is 7.15. The average molecular weight is 341 g/mol. The van der Waals surface area contributed by atoms with Crippen LogP contribution in [0.1, 0.15) is 0 Å². The molecule has 2 heterocycles. The molecule has 0 amide bonds. The van der Waals surface area contributed by atoms with Crippen molar-refractivity contribution >= 4 is 0 Å². The van der Waals surface area contributed by atoms with E-state index in [1.54, 1.807) is 0 Å². The lowest BCUT2D eigenvalue weighted by Gasteiger charge is -2.45. The van der Waals surface area contributed by atoms with E-state index in [9.17, 15) is 30.6 Å². The fourth-order valence-corrected chi connectivity index (χ4v) is 2.60. The highest BCUT2D eigenvalue weighted by molar-refractivity contribution is 4.94. The highest BCUT2D eigenvalue weighted by Gasteiger charge is 2.49. The molecule has 0 aromatic heterocycles. The molecule has 0 radical (unpaired) electrons. The molecule has 2 fully saturated rings. The summed E-state index contributed by atoms with van der Waals surface area (Å²) in [5.41, 5.74) is 5.55. The van der Waals surface area contributed by atoms with Gasteiger partial charge < -0.3 is 55.7 Å². The third kappa shape index (κ3) is 3.65. The van der Waals surface area contributed by atoms with Gasteiger partial charge in [0.15, 0.2) is 12.6 Å². The van der Waals surface area contributed by atoms with Gasteiger partial charge in [0.1, 0.15) is 42.7 Å². The summed E-state index contributed by atoms with van der Waals surface area (Å²) in [5, 5.41) is 67.3. The lowest BCUT2D eigenvalue weighted by Crippen LogP contribution is -2.66. The van der Waals surface area contributed by atoms with Crippen LogP contribution in [-0.4, -0.2) is 110 Å². The quantitative estimate of drug-likeness (QED) is 0.243. The number of aliphatic hydroxyl groups is 7. The summed E-state index contributed by atoms with van der Waals surface area (Å²) < 4.78 is 15.5. The zero-order valence-corrected chi connectivity index (χ0v) is 12.1. The van der Waals surface area contributed by atoms with E-state index in [-0.39, 0.29) is 0 Å². The first-order valence-corrected chi connectivity index (χ1v) is 7.15. The summed E-state index contributed by atoms with van der Waals surface area (Å²) in [6.07, 6.45) is -13.0. The van der Waals surface area contributed by atoms with Crippen molar-refractivity contribution in [3.05, 3.63) is 0 Å². The van der Waals surface area contributed by atoms with Gasteiger partial charge in [0.05, 0.1) is 19.3 Å². The lowest BCUT2D eigenvalue weighted by molar-refractivity contribution is -0.344. The molecule has 11 nitrogen and oxygen atoms in total. The normalized spacial score (nSPS) is 51.7. The number of rotatable bonds is 4. The van der Waals surface area contributed by atoms with Crippen molar-refractivity contribution in [3.8, 4) is 0 Å². The van der Waals surface area contributed by atoms with Gasteiger partial charge in [-0.2, -0.15) is 0 Å². The largest absolute Gasteiger partial charge is 0.394 e. The maximum atomic E-state index is 10.1. The van der Waals surface area contributed by atoms with Crippen molar-refractivity contribution in [2.24, 2.45) is 5.73 Å². The minimum absolute atomic E-state index is 0.622. The summed E-state index contributed by atoms with van der Waals surface area (Å²) in [6.45, 7) is -1.26. The molecule has 2 rings (SSSR count). The summed E-state index contributed by atoms with van der Waals surface area (Å²) in [5.74, 6) is 0. The van der Waals surface area contributed by atoms with E-state index in [4.69, 9.17) is 25.1 Å². The molecule has 0 aromatic rings. The molecule has 0 bridgehead atoms. The second kappa shape index (κ2) is 7.63. The van der Waals surface area contributed by atoms with Gasteiger partial charge in [-0.05, 0) is 0 Å². The van der Waals surface area contributed by atoms with E-state index in [2.05, 4.69) is 0 Å². The molecule has 136 valence electrons. The molecule has 2 aliphatic heterocycles. The van der Waals surface area contributed by atoms with Gasteiger partial charge in [-0.1, -0.05) is 0 Å². The van der Waals surface area contributed by atoms with E-state index >= 15 is 0 Å². The van der Waals surface area contributed by atoms with Crippen LogP contribution >= 0.6 is 0 Å². The van der Waals surface area contributed by atoms with Crippen LogP contribution in [-0.2, 0) is 14.2 Å². The molecular formula is C12H23NO10. The van der Waals surface area contributed by atoms with Crippen LogP contribution in [0.25, 0.3) is 0 Å². The maximum absolute atomic E-state index is 10.1. The summed E-state index contributed by atoms with van der Waals surface area (Å²) in [4.78, 5) is 0. The van der Waals surface area contributed by atoms with E-state index < -0.39 is 74.6 Å². The Kier molecular flexibility index (Phi) is 6.27. The van der Waals surface area contributed by atoms with Crippen LogP contribution in [0.2, 0.25) is 0 Å². The Bertz CT molecular complexity index is 383. The van der Waals surface area contributed by atoms with Crippen LogP contribution < -0.4 is 5.73 Å². The topological polar surface area (TPSA) is 195 Å². The maximum Gasteiger partial charge on any atom is 0.187 e. The number of aliphatic hydroxyl groups excluding tert-OH is 7. The van der Waals surface area contributed by atoms with Crippen molar-refractivity contribution in [1.82, 2.24) is 0 Å². The Morgan fingerprint density at radius 3 is 1.96 bits per heavy atom. The first-order chi connectivity index (χ1) is 10.8. The van der Waals surface area contributed by atoms with Crippen LogP contribution in [0.15, 0.2) is 0 Å². The Morgan fingerprint density at radius 1 is 0.783 bits per heavy atom. The van der Waals surface area contributed by atoms with Gasteiger partial charge in [-0.3, -0.25) is 0 Å². The number of hydrogen-bond donors (Lipinski definition) is 8. The van der Waals surface area contributed by atoms with Gasteiger partial charge in [0.25, 0.3) is 0 Å². The minimum Gasteiger partial charge on any atom is -0.394 e. The molecule has 0 aromatic carbocycles. The van der Waals surface area contributed by atoms with Gasteiger partial charge in [0, 0.05) is 0 Å². The SMILES string of the molecule is NC1C(O)OC(CO)[C@H](O[C@@H]2OC(CO)[C@H](O)[C@H](O)C2O)[C@@H]1O. The molecule has 2 aliphatic rings. The predicted molar refractivity (Wildman–Crippen MR) is 70.6 cm³/mol. The van der Waals surface area contributed by atoms with Gasteiger partial charge in [-0.25, -0.2) is 0 Å². The molecular weight excluding hydrogens is 318 g/mol. The van der Waals surface area contributed by atoms with Crippen LogP contribution in [0.4, 0.5) is 0 Å². The predicted octanol–water partition coefficient (Wildman–Crippen LogP) is -5.43. The molecule has 9 N–H and O–H groups in total. The van der Waals surface area contributed by atoms with Gasteiger partial charge >= 0.3 is 0 Å². The Balaban J connectivity index is 2.11. The summed E-state index contributed by atoms with van der Waals surface area (Å²) in [6, 6.07) is -1.23. The monoisotopic (exact) mass is 341 g/mol. The molecule has 2 saturated heterocycles. The molecule has 0 spiro atoms. The second-order valence-corrected chi connectivity index (χ2v) is 5.61. The highest BCUT2D eigenvalue weighted by atomic mass is 16.7. The zero-order valence-electron chi connectivity index (χ0n) is 12.1. The van der Waals surface area contributed by atoms with Crippen molar-refractivity contribution < 1.29 is 50.0 Å². The molecule has 5 unspecified atom stereocenters. The Morgan fingerprint density at radius 2 is 1.39 bits per heavy atom. The lowest BCUT2D eigenvalue weighted by atomic mass is 9.96. The van der Waals surface area contributed by atoms with Gasteiger partial charge in [-0.15, -0.1) is 0 Å². The fraction of sp³-hybridized carbons (Fsp3) is 1.00. The summed E-state index contributed by atoms with van der Waals surface area (Å²) >= 11 is 0. The summed E-state index contributed by atoms with van der Waals surface area (Å²) in [7, 11) is 0.